The van der Waals surface area contributed by atoms with Crippen LogP contribution in [0.5, 0.6) is 0 Å². The maximum Gasteiger partial charge on any atom is 0.256 e. The van der Waals surface area contributed by atoms with Crippen LogP contribution in [-0.4, -0.2) is 72.5 Å². The van der Waals surface area contributed by atoms with Crippen LogP contribution in [0.4, 0.5) is 10.1 Å². The first kappa shape index (κ1) is 28.0. The molecule has 2 N–H and O–H groups in total. The Morgan fingerprint density at radius 3 is 2.22 bits per heavy atom. The molecule has 2 fully saturated rings. The molecule has 2 aliphatic heterocycles. The Kier molecular flexibility index (Phi) is 6.91. The number of carbonyl (C=O) groups is 1. The Balaban J connectivity index is 1.31. The number of amides is 1. The fraction of sp³-hybridized carbons (Fsp3) is 0.343. The van der Waals surface area contributed by atoms with Gasteiger partial charge in [0.1, 0.15) is 16.8 Å². The van der Waals surface area contributed by atoms with Crippen molar-refractivity contribution in [3.8, 4) is 0 Å². The fourth-order valence-corrected chi connectivity index (χ4v) is 7.24. The summed E-state index contributed by atoms with van der Waals surface area (Å²) in [6.45, 7) is 6.38. The van der Waals surface area contributed by atoms with Crippen LogP contribution in [-0.2, 0) is 0 Å². The number of rotatable bonds is 8. The summed E-state index contributed by atoms with van der Waals surface area (Å²) >= 11 is 0. The summed E-state index contributed by atoms with van der Waals surface area (Å²) < 4.78 is 24.0. The van der Waals surface area contributed by atoms with Gasteiger partial charge in [-0.1, -0.05) is 24.3 Å². The van der Waals surface area contributed by atoms with Gasteiger partial charge in [-0.25, -0.2) is 4.39 Å². The van der Waals surface area contributed by atoms with E-state index in [0.717, 1.165) is 69.2 Å². The van der Waals surface area contributed by atoms with Crippen molar-refractivity contribution in [2.24, 2.45) is 0 Å². The van der Waals surface area contributed by atoms with Crippen molar-refractivity contribution in [1.29, 1.82) is 0 Å². The molecule has 0 unspecified atom stereocenters. The predicted molar refractivity (Wildman–Crippen MR) is 176 cm³/mol. The molecular weight excluding hydrogens is 573 g/mol. The summed E-state index contributed by atoms with van der Waals surface area (Å²) in [4.78, 5) is 45.2. The Hall–Kier alpha value is -4.54. The van der Waals surface area contributed by atoms with Crippen LogP contribution in [0.25, 0.3) is 49.1 Å². The SMILES string of the molecule is O=C(NCCN1CCCC1)c1cn2c3cc4c(cc3oc3c(NCCN5CCCC5)c(F)cc(c1=O)c32)c(=O)c1ccccc14. The van der Waals surface area contributed by atoms with Crippen molar-refractivity contribution in [1.82, 2.24) is 19.5 Å². The van der Waals surface area contributed by atoms with E-state index in [2.05, 4.69) is 20.4 Å². The first-order valence-corrected chi connectivity index (χ1v) is 15.9. The maximum absolute atomic E-state index is 15.9. The van der Waals surface area contributed by atoms with Crippen molar-refractivity contribution in [3.05, 3.63) is 80.5 Å². The van der Waals surface area contributed by atoms with Crippen LogP contribution in [0.2, 0.25) is 0 Å². The van der Waals surface area contributed by atoms with E-state index >= 15 is 4.39 Å². The lowest BCUT2D eigenvalue weighted by atomic mass is 10.1. The van der Waals surface area contributed by atoms with E-state index in [9.17, 15) is 14.4 Å². The van der Waals surface area contributed by atoms with E-state index in [1.807, 2.05) is 24.3 Å². The van der Waals surface area contributed by atoms with E-state index < -0.39 is 17.2 Å². The van der Waals surface area contributed by atoms with Crippen LogP contribution >= 0.6 is 0 Å². The minimum Gasteiger partial charge on any atom is -0.451 e. The molecule has 6 aromatic rings. The van der Waals surface area contributed by atoms with E-state index in [1.54, 1.807) is 16.5 Å². The van der Waals surface area contributed by atoms with Crippen LogP contribution in [0.3, 0.4) is 0 Å². The number of hydrogen-bond donors (Lipinski definition) is 2. The second-order valence-electron chi connectivity index (χ2n) is 12.3. The van der Waals surface area contributed by atoms with E-state index in [1.165, 1.54) is 12.3 Å². The van der Waals surface area contributed by atoms with Gasteiger partial charge in [-0.3, -0.25) is 14.4 Å². The molecule has 2 saturated heterocycles. The van der Waals surface area contributed by atoms with Gasteiger partial charge in [0.15, 0.2) is 22.4 Å². The number of pyridine rings is 1. The number of nitrogens with zero attached hydrogens (tertiary/aromatic N) is 3. The molecular formula is C35H34FN5O4. The van der Waals surface area contributed by atoms with Crippen LogP contribution in [0, 0.1) is 5.82 Å². The Labute approximate surface area is 257 Å². The molecule has 4 heterocycles. The number of hydrogen-bond acceptors (Lipinski definition) is 7. The number of nitrogens with one attached hydrogen (secondary N) is 2. The first-order chi connectivity index (χ1) is 22.0. The van der Waals surface area contributed by atoms with Gasteiger partial charge in [0.25, 0.3) is 5.91 Å². The van der Waals surface area contributed by atoms with Crippen LogP contribution in [0.15, 0.2) is 62.7 Å². The number of likely N-dealkylation sites (tertiary alicyclic amines) is 2. The highest BCUT2D eigenvalue weighted by Crippen LogP contribution is 2.36. The topological polar surface area (TPSA) is 99.3 Å². The third kappa shape index (κ3) is 4.71. The third-order valence-corrected chi connectivity index (χ3v) is 9.56. The standard InChI is InChI=1S/C35H34FN5O4/c36-27-17-25-31-34(30(27)37-9-15-39-11-3-4-12-39)45-29-19-24-23(21-7-1-2-8-22(21)32(24)42)18-28(29)41(31)20-26(33(25)43)35(44)38-10-16-40-13-5-6-14-40/h1-2,7-8,17-20,37H,3-6,9-16H2,(H,38,44). The molecule has 8 rings (SSSR count). The molecule has 0 aliphatic carbocycles. The highest BCUT2D eigenvalue weighted by molar-refractivity contribution is 6.15. The zero-order chi connectivity index (χ0) is 30.7. The molecule has 0 bridgehead atoms. The second kappa shape index (κ2) is 11.1. The number of carbonyl (C=O) groups excluding carboxylic acids is 1. The number of anilines is 1. The quantitative estimate of drug-likeness (QED) is 0.190. The van der Waals surface area contributed by atoms with E-state index in [4.69, 9.17) is 4.42 Å². The van der Waals surface area contributed by atoms with Crippen molar-refractivity contribution in [2.75, 3.05) is 57.7 Å². The molecule has 0 radical (unpaired) electrons. The number of aromatic nitrogens is 1. The highest BCUT2D eigenvalue weighted by Gasteiger charge is 2.24. The largest absolute Gasteiger partial charge is 0.451 e. The van der Waals surface area contributed by atoms with Gasteiger partial charge in [0.2, 0.25) is 5.43 Å². The molecule has 10 heteroatoms. The Morgan fingerprint density at radius 1 is 0.800 bits per heavy atom. The molecule has 9 nitrogen and oxygen atoms in total. The Bertz CT molecular complexity index is 2230. The van der Waals surface area contributed by atoms with Crippen molar-refractivity contribution in [3.63, 3.8) is 0 Å². The lowest BCUT2D eigenvalue weighted by molar-refractivity contribution is 0.0948. The smallest absolute Gasteiger partial charge is 0.256 e. The van der Waals surface area contributed by atoms with Crippen molar-refractivity contribution < 1.29 is 13.6 Å². The van der Waals surface area contributed by atoms with Crippen molar-refractivity contribution in [2.45, 2.75) is 25.7 Å². The van der Waals surface area contributed by atoms with Crippen molar-refractivity contribution >= 4 is 60.7 Å². The lowest BCUT2D eigenvalue weighted by Crippen LogP contribution is -2.35. The van der Waals surface area contributed by atoms with Gasteiger partial charge in [-0.05, 0) is 80.8 Å². The first-order valence-electron chi connectivity index (χ1n) is 15.9. The van der Waals surface area contributed by atoms with E-state index in [-0.39, 0.29) is 27.6 Å². The van der Waals surface area contributed by atoms with Gasteiger partial charge in [0.05, 0.1) is 10.9 Å². The number of halogens is 1. The lowest BCUT2D eigenvalue weighted by Gasteiger charge is -2.19. The Morgan fingerprint density at radius 2 is 1.49 bits per heavy atom. The molecule has 0 atom stereocenters. The summed E-state index contributed by atoms with van der Waals surface area (Å²) in [5.41, 5.74) is 0.870. The summed E-state index contributed by atoms with van der Waals surface area (Å²) in [5.74, 6) is -1.14. The molecule has 0 saturated carbocycles. The average molecular weight is 608 g/mol. The summed E-state index contributed by atoms with van der Waals surface area (Å²) in [6, 6.07) is 12.2. The maximum atomic E-state index is 15.9. The summed E-state index contributed by atoms with van der Waals surface area (Å²) in [6.07, 6.45) is 6.13. The van der Waals surface area contributed by atoms with Gasteiger partial charge >= 0.3 is 0 Å². The van der Waals surface area contributed by atoms with Crippen LogP contribution < -0.4 is 21.5 Å². The molecule has 0 spiro atoms. The van der Waals surface area contributed by atoms with Gasteiger partial charge in [-0.15, -0.1) is 0 Å². The minimum absolute atomic E-state index is 0.0578. The third-order valence-electron chi connectivity index (χ3n) is 9.56. The molecule has 230 valence electrons. The van der Waals surface area contributed by atoms with E-state index in [0.29, 0.717) is 47.0 Å². The zero-order valence-corrected chi connectivity index (χ0v) is 25.0. The van der Waals surface area contributed by atoms with Gasteiger partial charge in [-0.2, -0.15) is 0 Å². The highest BCUT2D eigenvalue weighted by atomic mass is 19.1. The summed E-state index contributed by atoms with van der Waals surface area (Å²) in [5, 5.41) is 8.84. The zero-order valence-electron chi connectivity index (χ0n) is 25.0. The van der Waals surface area contributed by atoms with Gasteiger partial charge < -0.3 is 29.3 Å². The normalized spacial score (nSPS) is 16.3. The van der Waals surface area contributed by atoms with Gasteiger partial charge in [0, 0.05) is 43.1 Å². The minimum atomic E-state index is -0.637. The molecule has 4 aromatic carbocycles. The molecule has 45 heavy (non-hydrogen) atoms. The molecule has 2 aromatic heterocycles. The van der Waals surface area contributed by atoms with Crippen LogP contribution in [0.1, 0.15) is 36.0 Å². The molecule has 1 amide bonds. The monoisotopic (exact) mass is 607 g/mol. The predicted octanol–water partition coefficient (Wildman–Crippen LogP) is 4.78. The summed E-state index contributed by atoms with van der Waals surface area (Å²) in [7, 11) is 0. The number of benzene rings is 3. The fourth-order valence-electron chi connectivity index (χ4n) is 7.24. The average Bonchev–Trinajstić information content (AvgIpc) is 3.82. The number of fused-ring (bicyclic) bond motifs is 5. The second-order valence-corrected chi connectivity index (χ2v) is 12.3. The molecule has 2 aliphatic rings.